The molecule has 0 rings (SSSR count). The quantitative estimate of drug-likeness (QED) is 0.0621. The third kappa shape index (κ3) is 16.8. The Balaban J connectivity index is 5.37. The molecule has 13 heteroatoms. The van der Waals surface area contributed by atoms with E-state index in [0.717, 1.165) is 0 Å². The van der Waals surface area contributed by atoms with E-state index in [1.807, 2.05) is 0 Å². The summed E-state index contributed by atoms with van der Waals surface area (Å²) in [4.78, 5) is 47.0. The first-order valence-corrected chi connectivity index (χ1v) is 20.0. The van der Waals surface area contributed by atoms with Gasteiger partial charge in [-0.2, -0.15) is 0 Å². The maximum Gasteiger partial charge on any atom is 0.333 e. The van der Waals surface area contributed by atoms with Crippen LogP contribution < -0.4 is 0 Å². The van der Waals surface area contributed by atoms with E-state index in [0.29, 0.717) is 45.3 Å². The van der Waals surface area contributed by atoms with Gasteiger partial charge in [-0.1, -0.05) is 26.3 Å². The zero-order valence-electron chi connectivity index (χ0n) is 21.9. The highest BCUT2D eigenvalue weighted by Gasteiger charge is 2.37. The molecule has 0 aromatic heterocycles. The summed E-state index contributed by atoms with van der Waals surface area (Å²) in [6.07, 6.45) is 0. The molecule has 0 aliphatic heterocycles. The van der Waals surface area contributed by atoms with Crippen LogP contribution >= 0.6 is 44.8 Å². The lowest BCUT2D eigenvalue weighted by atomic mass is 10.4. The number of carbonyl (C=O) groups is 4. The molecule has 0 bridgehead atoms. The minimum absolute atomic E-state index is 0.201. The van der Waals surface area contributed by atoms with Crippen LogP contribution in [0, 0.1) is 0 Å². The Hall–Kier alpha value is -1.54. The molecule has 0 amide bonds. The highest BCUT2D eigenvalue weighted by molar-refractivity contribution is 8.99. The number of carbonyl (C=O) groups excluding carboxylic acids is 4. The zero-order chi connectivity index (χ0) is 28.4. The molecule has 0 aromatic carbocycles. The van der Waals surface area contributed by atoms with Crippen LogP contribution in [0.5, 0.6) is 0 Å². The first-order chi connectivity index (χ1) is 17.3. The average molecular weight is 609 g/mol. The van der Waals surface area contributed by atoms with Crippen molar-refractivity contribution in [1.29, 1.82) is 0 Å². The molecular weight excluding hydrogens is 573 g/mol. The maximum atomic E-state index is 11.8. The minimum atomic E-state index is -2.38. The molecule has 0 aliphatic rings. The fourth-order valence-electron chi connectivity index (χ4n) is 1.95. The Morgan fingerprint density at radius 3 is 0.838 bits per heavy atom. The van der Waals surface area contributed by atoms with Crippen molar-refractivity contribution in [1.82, 2.24) is 0 Å². The first-order valence-electron chi connectivity index (χ1n) is 11.2. The van der Waals surface area contributed by atoms with E-state index >= 15 is 0 Å². The first kappa shape index (κ1) is 35.5. The molecule has 37 heavy (non-hydrogen) atoms. The van der Waals surface area contributed by atoms with E-state index in [9.17, 15) is 19.2 Å². The molecule has 0 radical (unpaired) electrons. The second-order valence-electron chi connectivity index (χ2n) is 7.56. The topological polar surface area (TPSA) is 105 Å². The second kappa shape index (κ2) is 19.5. The summed E-state index contributed by atoms with van der Waals surface area (Å²) in [5.74, 6) is 0.303. The van der Waals surface area contributed by atoms with Gasteiger partial charge >= 0.3 is 28.5 Å². The fraction of sp³-hybridized carbons (Fsp3) is 0.500. The molecule has 0 aromatic rings. The highest BCUT2D eigenvalue weighted by Crippen LogP contribution is 2.50. The van der Waals surface area contributed by atoms with Crippen LogP contribution in [0.25, 0.3) is 0 Å². The van der Waals surface area contributed by atoms with Crippen molar-refractivity contribution < 1.29 is 38.1 Å². The number of hydrogen-bond donors (Lipinski definition) is 0. The lowest BCUT2D eigenvalue weighted by Gasteiger charge is -2.29. The normalized spacial score (nSPS) is 10.7. The van der Waals surface area contributed by atoms with Gasteiger partial charge in [-0.05, 0) is 27.7 Å². The van der Waals surface area contributed by atoms with Crippen LogP contribution in [-0.4, -0.2) is 78.0 Å². The predicted molar refractivity (Wildman–Crippen MR) is 159 cm³/mol. The SMILES string of the molecule is C=C(C)C(=O)OCCS[Si](SCCOC(=O)C(=C)C)(SCCOC(=O)C(=C)C)SCCOC(=O)C(=C)C. The molecule has 0 spiro atoms. The Morgan fingerprint density at radius 1 is 0.486 bits per heavy atom. The van der Waals surface area contributed by atoms with Gasteiger partial charge in [0.15, 0.2) is 0 Å². The van der Waals surface area contributed by atoms with E-state index < -0.39 is 28.5 Å². The summed E-state index contributed by atoms with van der Waals surface area (Å²) >= 11 is 6.66. The molecule has 0 saturated carbocycles. The summed E-state index contributed by atoms with van der Waals surface area (Å²) in [6, 6.07) is 0. The number of esters is 4. The van der Waals surface area contributed by atoms with Gasteiger partial charge in [0.25, 0.3) is 0 Å². The van der Waals surface area contributed by atoms with Crippen molar-refractivity contribution in [3.63, 3.8) is 0 Å². The van der Waals surface area contributed by atoms with Gasteiger partial charge in [0, 0.05) is 45.3 Å². The Bertz CT molecular complexity index is 733. The van der Waals surface area contributed by atoms with Gasteiger partial charge in [0.1, 0.15) is 26.4 Å². The van der Waals surface area contributed by atoms with Gasteiger partial charge in [0.05, 0.1) is 0 Å². The molecule has 0 fully saturated rings. The van der Waals surface area contributed by atoms with Crippen molar-refractivity contribution in [2.24, 2.45) is 0 Å². The molecule has 8 nitrogen and oxygen atoms in total. The van der Waals surface area contributed by atoms with Crippen LogP contribution in [0.1, 0.15) is 27.7 Å². The third-order valence-corrected chi connectivity index (χ3v) is 26.1. The van der Waals surface area contributed by atoms with E-state index in [1.54, 1.807) is 72.5 Å². The van der Waals surface area contributed by atoms with E-state index in [-0.39, 0.29) is 26.4 Å². The van der Waals surface area contributed by atoms with Crippen molar-refractivity contribution in [3.8, 4) is 0 Å². The summed E-state index contributed by atoms with van der Waals surface area (Å²) in [5.41, 5.74) is 1.29. The van der Waals surface area contributed by atoms with E-state index in [2.05, 4.69) is 26.3 Å². The second-order valence-corrected chi connectivity index (χ2v) is 26.8. The number of hydrogen-bond acceptors (Lipinski definition) is 12. The molecule has 0 aliphatic carbocycles. The fourth-order valence-corrected chi connectivity index (χ4v) is 23.1. The standard InChI is InChI=1S/C24H36O8S4Si/c1-17(2)21(25)29-9-13-33-37(34-14-10-30-22(26)18(3)4,35-15-11-31-23(27)19(5)6)36-16-12-32-24(28)20(7)8/h1,3,5,7,9-16H2,2,4,6,8H3. The largest absolute Gasteiger partial charge is 0.461 e. The number of ether oxygens (including phenoxy) is 4. The molecule has 0 saturated heterocycles. The summed E-state index contributed by atoms with van der Waals surface area (Å²) in [6.45, 7) is 21.5. The Kier molecular flexibility index (Phi) is 18.7. The van der Waals surface area contributed by atoms with Crippen LogP contribution in [0.4, 0.5) is 0 Å². The smallest absolute Gasteiger partial charge is 0.333 e. The Morgan fingerprint density at radius 2 is 0.676 bits per heavy atom. The van der Waals surface area contributed by atoms with E-state index in [4.69, 9.17) is 18.9 Å². The van der Waals surface area contributed by atoms with Crippen molar-refractivity contribution >= 4 is 73.4 Å². The highest BCUT2D eigenvalue weighted by atomic mass is 32.9. The summed E-state index contributed by atoms with van der Waals surface area (Å²) in [5, 5.41) is 0. The van der Waals surface area contributed by atoms with Crippen molar-refractivity contribution in [2.45, 2.75) is 27.7 Å². The number of rotatable bonds is 20. The average Bonchev–Trinajstić information content (AvgIpc) is 2.83. The van der Waals surface area contributed by atoms with Crippen LogP contribution in [0.3, 0.4) is 0 Å². The molecule has 0 heterocycles. The monoisotopic (exact) mass is 608 g/mol. The van der Waals surface area contributed by atoms with Crippen LogP contribution in [-0.2, 0) is 38.1 Å². The van der Waals surface area contributed by atoms with E-state index in [1.165, 1.54) is 0 Å². The van der Waals surface area contributed by atoms with Crippen molar-refractivity contribution in [3.05, 3.63) is 48.6 Å². The summed E-state index contributed by atoms with van der Waals surface area (Å²) < 4.78 is 18.6. The van der Waals surface area contributed by atoms with Gasteiger partial charge in [-0.25, -0.2) is 19.2 Å². The third-order valence-electron chi connectivity index (χ3n) is 3.78. The maximum absolute atomic E-state index is 11.8. The molecule has 0 atom stereocenters. The van der Waals surface area contributed by atoms with Gasteiger partial charge < -0.3 is 18.9 Å². The molecule has 208 valence electrons. The lowest BCUT2D eigenvalue weighted by Crippen LogP contribution is -2.26. The lowest BCUT2D eigenvalue weighted by molar-refractivity contribution is -0.139. The van der Waals surface area contributed by atoms with Crippen LogP contribution in [0.15, 0.2) is 48.6 Å². The molecule has 0 N–H and O–H groups in total. The zero-order valence-corrected chi connectivity index (χ0v) is 26.2. The summed E-state index contributed by atoms with van der Waals surface area (Å²) in [7, 11) is 0. The van der Waals surface area contributed by atoms with Crippen LogP contribution in [0.2, 0.25) is 0 Å². The van der Waals surface area contributed by atoms with Gasteiger partial charge in [-0.3, -0.25) is 0 Å². The van der Waals surface area contributed by atoms with Gasteiger partial charge in [-0.15, -0.1) is 44.8 Å². The minimum Gasteiger partial charge on any atom is -0.461 e. The Labute approximate surface area is 236 Å². The van der Waals surface area contributed by atoms with Crippen molar-refractivity contribution in [2.75, 3.05) is 49.4 Å². The molecule has 0 unspecified atom stereocenters. The van der Waals surface area contributed by atoms with Gasteiger partial charge in [0.2, 0.25) is 0 Å². The molecular formula is C24H36O8S4Si. The predicted octanol–water partition coefficient (Wildman–Crippen LogP) is 4.83.